The number of hydrogen-bond acceptors (Lipinski definition) is 4. The number of carbonyl (C=O) groups excluding carboxylic acids is 2. The van der Waals surface area contributed by atoms with Crippen molar-refractivity contribution in [3.8, 4) is 11.5 Å². The molecule has 0 aliphatic carbocycles. The number of piperazine rings is 1. The standard InChI is InChI=1S/C23H26N2O4/c1-24-14-18-21-16(9-11-19(28-2)22(21)29-3)10-12-20(26)25(18)17(23(24)27)13-15-7-5-4-6-8-15/h4-9,11,17-18H,10,12-14H2,1-3H3/t17-,18+/m0/s1. The lowest BCUT2D eigenvalue weighted by molar-refractivity contribution is -0.154. The molecule has 1 fully saturated rings. The Balaban J connectivity index is 1.83. The summed E-state index contributed by atoms with van der Waals surface area (Å²) >= 11 is 0. The Hall–Kier alpha value is -3.02. The van der Waals surface area contributed by atoms with Crippen LogP contribution in [0.2, 0.25) is 0 Å². The van der Waals surface area contributed by atoms with Crippen LogP contribution in [-0.2, 0) is 22.4 Å². The number of ether oxygens (including phenoxy) is 2. The van der Waals surface area contributed by atoms with E-state index in [1.54, 1.807) is 31.1 Å². The van der Waals surface area contributed by atoms with E-state index < -0.39 is 6.04 Å². The molecule has 0 spiro atoms. The van der Waals surface area contributed by atoms with Gasteiger partial charge in [0.25, 0.3) is 0 Å². The first kappa shape index (κ1) is 19.3. The van der Waals surface area contributed by atoms with Gasteiger partial charge in [-0.2, -0.15) is 0 Å². The van der Waals surface area contributed by atoms with E-state index in [9.17, 15) is 9.59 Å². The van der Waals surface area contributed by atoms with Crippen LogP contribution in [0.15, 0.2) is 42.5 Å². The number of benzene rings is 2. The van der Waals surface area contributed by atoms with Crippen LogP contribution < -0.4 is 9.47 Å². The zero-order valence-electron chi connectivity index (χ0n) is 17.1. The molecule has 0 radical (unpaired) electrons. The largest absolute Gasteiger partial charge is 0.493 e. The van der Waals surface area contributed by atoms with Gasteiger partial charge in [0.2, 0.25) is 11.8 Å². The van der Waals surface area contributed by atoms with Crippen molar-refractivity contribution < 1.29 is 19.1 Å². The first-order chi connectivity index (χ1) is 14.0. The fraction of sp³-hybridized carbons (Fsp3) is 0.391. The van der Waals surface area contributed by atoms with Gasteiger partial charge in [-0.1, -0.05) is 36.4 Å². The summed E-state index contributed by atoms with van der Waals surface area (Å²) in [5.74, 6) is 1.27. The maximum atomic E-state index is 13.2. The Bertz CT molecular complexity index is 928. The van der Waals surface area contributed by atoms with Crippen LogP contribution in [0.3, 0.4) is 0 Å². The fourth-order valence-corrected chi connectivity index (χ4v) is 4.57. The highest BCUT2D eigenvalue weighted by molar-refractivity contribution is 5.90. The summed E-state index contributed by atoms with van der Waals surface area (Å²) in [7, 11) is 5.03. The molecule has 2 aromatic carbocycles. The van der Waals surface area contributed by atoms with Crippen LogP contribution in [0, 0.1) is 0 Å². The number of amides is 2. The SMILES string of the molecule is COc1ccc2c(c1OC)[C@H]1CN(C)C(=O)[C@H](Cc3ccccc3)N1C(=O)CC2. The molecule has 0 N–H and O–H groups in total. The second-order valence-corrected chi connectivity index (χ2v) is 7.61. The Labute approximate surface area is 171 Å². The second-order valence-electron chi connectivity index (χ2n) is 7.61. The second kappa shape index (κ2) is 7.78. The molecule has 2 atom stereocenters. The number of carbonyl (C=O) groups is 2. The molecular formula is C23H26N2O4. The predicted octanol–water partition coefficient (Wildman–Crippen LogP) is 2.60. The molecule has 2 heterocycles. The van der Waals surface area contributed by atoms with E-state index in [0.29, 0.717) is 37.3 Å². The minimum Gasteiger partial charge on any atom is -0.493 e. The number of rotatable bonds is 4. The number of likely N-dealkylation sites (N-methyl/N-ethyl adjacent to an activating group) is 1. The van der Waals surface area contributed by atoms with E-state index in [1.165, 1.54) is 0 Å². The molecule has 2 aliphatic rings. The van der Waals surface area contributed by atoms with Gasteiger partial charge in [-0.15, -0.1) is 0 Å². The van der Waals surface area contributed by atoms with Crippen molar-refractivity contribution in [3.05, 3.63) is 59.2 Å². The van der Waals surface area contributed by atoms with Crippen molar-refractivity contribution in [2.24, 2.45) is 0 Å². The molecule has 29 heavy (non-hydrogen) atoms. The minimum atomic E-state index is -0.532. The highest BCUT2D eigenvalue weighted by Crippen LogP contribution is 2.44. The summed E-state index contributed by atoms with van der Waals surface area (Å²) in [5, 5.41) is 0. The normalized spacial score (nSPS) is 21.3. The smallest absolute Gasteiger partial charge is 0.245 e. The maximum absolute atomic E-state index is 13.2. The Kier molecular flexibility index (Phi) is 5.18. The molecule has 0 saturated carbocycles. The van der Waals surface area contributed by atoms with Crippen molar-refractivity contribution in [1.29, 1.82) is 0 Å². The number of methoxy groups -OCH3 is 2. The monoisotopic (exact) mass is 394 g/mol. The first-order valence-corrected chi connectivity index (χ1v) is 9.89. The lowest BCUT2D eigenvalue weighted by Crippen LogP contribution is -2.59. The van der Waals surface area contributed by atoms with Crippen molar-refractivity contribution in [3.63, 3.8) is 0 Å². The van der Waals surface area contributed by atoms with E-state index >= 15 is 0 Å². The Morgan fingerprint density at radius 1 is 1.00 bits per heavy atom. The van der Waals surface area contributed by atoms with E-state index in [0.717, 1.165) is 16.7 Å². The van der Waals surface area contributed by atoms with Crippen molar-refractivity contribution in [2.45, 2.75) is 31.3 Å². The van der Waals surface area contributed by atoms with Gasteiger partial charge in [0.1, 0.15) is 6.04 Å². The first-order valence-electron chi connectivity index (χ1n) is 9.89. The molecule has 6 nitrogen and oxygen atoms in total. The number of aryl methyl sites for hydroxylation is 1. The van der Waals surface area contributed by atoms with Crippen LogP contribution in [0.1, 0.15) is 29.2 Å². The maximum Gasteiger partial charge on any atom is 0.245 e. The molecule has 152 valence electrons. The summed E-state index contributed by atoms with van der Waals surface area (Å²) in [5.41, 5.74) is 3.06. The van der Waals surface area contributed by atoms with Gasteiger partial charge in [-0.3, -0.25) is 9.59 Å². The topological polar surface area (TPSA) is 59.1 Å². The lowest BCUT2D eigenvalue weighted by atomic mass is 9.92. The van der Waals surface area contributed by atoms with Gasteiger partial charge in [-0.05, 0) is 23.6 Å². The Morgan fingerprint density at radius 2 is 1.76 bits per heavy atom. The van der Waals surface area contributed by atoms with Gasteiger partial charge in [-0.25, -0.2) is 0 Å². The summed E-state index contributed by atoms with van der Waals surface area (Å²) in [6.45, 7) is 0.437. The average Bonchev–Trinajstić information content (AvgIpc) is 2.88. The molecule has 2 amide bonds. The fourth-order valence-electron chi connectivity index (χ4n) is 4.57. The van der Waals surface area contributed by atoms with Crippen LogP contribution in [0.25, 0.3) is 0 Å². The van der Waals surface area contributed by atoms with Gasteiger partial charge < -0.3 is 19.3 Å². The molecule has 6 heteroatoms. The third kappa shape index (κ3) is 3.33. The zero-order chi connectivity index (χ0) is 20.5. The molecular weight excluding hydrogens is 368 g/mol. The van der Waals surface area contributed by atoms with Crippen molar-refractivity contribution in [2.75, 3.05) is 27.8 Å². The molecule has 0 bridgehead atoms. The van der Waals surface area contributed by atoms with E-state index in [4.69, 9.17) is 9.47 Å². The Morgan fingerprint density at radius 3 is 2.45 bits per heavy atom. The van der Waals surface area contributed by atoms with Crippen molar-refractivity contribution >= 4 is 11.8 Å². The molecule has 1 saturated heterocycles. The molecule has 2 aromatic rings. The van der Waals surface area contributed by atoms with Gasteiger partial charge in [0, 0.05) is 32.0 Å². The van der Waals surface area contributed by atoms with Crippen LogP contribution in [-0.4, -0.2) is 55.5 Å². The van der Waals surface area contributed by atoms with E-state index in [1.807, 2.05) is 42.5 Å². The summed E-state index contributed by atoms with van der Waals surface area (Å²) in [6.07, 6.45) is 1.49. The van der Waals surface area contributed by atoms with Crippen LogP contribution in [0.5, 0.6) is 11.5 Å². The minimum absolute atomic E-state index is 0.00889. The highest BCUT2D eigenvalue weighted by atomic mass is 16.5. The molecule has 0 aromatic heterocycles. The van der Waals surface area contributed by atoms with E-state index in [2.05, 4.69) is 0 Å². The summed E-state index contributed by atoms with van der Waals surface area (Å²) in [6, 6.07) is 13.0. The lowest BCUT2D eigenvalue weighted by Gasteiger charge is -2.45. The molecule has 2 aliphatic heterocycles. The number of nitrogens with zero attached hydrogens (tertiary/aromatic N) is 2. The van der Waals surface area contributed by atoms with Gasteiger partial charge in [0.15, 0.2) is 11.5 Å². The highest BCUT2D eigenvalue weighted by Gasteiger charge is 2.45. The van der Waals surface area contributed by atoms with Gasteiger partial charge in [0.05, 0.1) is 20.3 Å². The van der Waals surface area contributed by atoms with Crippen molar-refractivity contribution in [1.82, 2.24) is 9.80 Å². The van der Waals surface area contributed by atoms with E-state index in [-0.39, 0.29) is 17.9 Å². The van der Waals surface area contributed by atoms with Crippen LogP contribution in [0.4, 0.5) is 0 Å². The third-order valence-corrected chi connectivity index (χ3v) is 5.96. The number of fused-ring (bicyclic) bond motifs is 3. The molecule has 4 rings (SSSR count). The third-order valence-electron chi connectivity index (χ3n) is 5.96. The summed E-state index contributed by atoms with van der Waals surface area (Å²) < 4.78 is 11.2. The molecule has 0 unspecified atom stereocenters. The van der Waals surface area contributed by atoms with Crippen LogP contribution >= 0.6 is 0 Å². The quantitative estimate of drug-likeness (QED) is 0.800. The summed E-state index contributed by atoms with van der Waals surface area (Å²) in [4.78, 5) is 29.8. The predicted molar refractivity (Wildman–Crippen MR) is 109 cm³/mol. The number of hydrogen-bond donors (Lipinski definition) is 0. The van der Waals surface area contributed by atoms with Gasteiger partial charge >= 0.3 is 0 Å². The zero-order valence-corrected chi connectivity index (χ0v) is 17.1. The average molecular weight is 394 g/mol.